The molecule has 1 atom stereocenters. The molecule has 0 aliphatic heterocycles. The molecule has 0 fully saturated rings. The molecule has 178 valence electrons. The molecule has 6 heteroatoms. The van der Waals surface area contributed by atoms with E-state index in [2.05, 4.69) is 5.32 Å². The maximum Gasteiger partial charge on any atom is 0.243 e. The fourth-order valence-corrected chi connectivity index (χ4v) is 4.70. The summed E-state index contributed by atoms with van der Waals surface area (Å²) in [4.78, 5) is 28.3. The first kappa shape index (κ1) is 25.5. The normalized spacial score (nSPS) is 11.6. The molecule has 0 bridgehead atoms. The predicted octanol–water partition coefficient (Wildman–Crippen LogP) is 5.14. The summed E-state index contributed by atoms with van der Waals surface area (Å²) in [6.07, 6.45) is 0.419. The van der Waals surface area contributed by atoms with Crippen molar-refractivity contribution in [1.29, 1.82) is 0 Å². The fraction of sp³-hybridized carbons (Fsp3) is 0.286. The average Bonchev–Trinajstić information content (AvgIpc) is 2.83. The van der Waals surface area contributed by atoms with E-state index in [0.29, 0.717) is 30.8 Å². The number of carbonyl (C=O) groups is 2. The molecule has 0 unspecified atom stereocenters. The molecule has 0 saturated heterocycles. The second-order valence-electron chi connectivity index (χ2n) is 8.20. The predicted molar refractivity (Wildman–Crippen MR) is 137 cm³/mol. The van der Waals surface area contributed by atoms with E-state index in [1.165, 1.54) is 17.8 Å². The topological polar surface area (TPSA) is 49.4 Å². The zero-order valence-corrected chi connectivity index (χ0v) is 20.5. The third-order valence-electron chi connectivity index (χ3n) is 5.50. The van der Waals surface area contributed by atoms with Gasteiger partial charge in [0, 0.05) is 25.3 Å². The summed E-state index contributed by atoms with van der Waals surface area (Å²) in [6.45, 7) is 4.69. The van der Waals surface area contributed by atoms with Crippen LogP contribution in [0, 0.1) is 12.7 Å². The number of carbonyl (C=O) groups excluding carboxylic acids is 2. The third-order valence-corrected chi connectivity index (χ3v) is 6.46. The Morgan fingerprint density at radius 1 is 0.971 bits per heavy atom. The van der Waals surface area contributed by atoms with E-state index in [1.807, 2.05) is 68.4 Å². The van der Waals surface area contributed by atoms with E-state index in [0.717, 1.165) is 16.7 Å². The van der Waals surface area contributed by atoms with Crippen molar-refractivity contribution in [1.82, 2.24) is 10.2 Å². The maximum atomic E-state index is 14.0. The van der Waals surface area contributed by atoms with Gasteiger partial charge in [-0.2, -0.15) is 0 Å². The molecule has 2 amide bonds. The first-order valence-electron chi connectivity index (χ1n) is 11.5. The average molecular weight is 479 g/mol. The second-order valence-corrected chi connectivity index (χ2v) is 9.18. The summed E-state index contributed by atoms with van der Waals surface area (Å²) < 4.78 is 14.0. The number of amides is 2. The molecule has 0 heterocycles. The Bertz CT molecular complexity index is 1090. The Morgan fingerprint density at radius 3 is 2.38 bits per heavy atom. The standard InChI is InChI=1S/C28H31FN2O2S/c1-3-30-28(33)26(17-22-11-5-4-6-12-22)31(18-23-13-9-10-21(2)16-23)27(32)20-34-19-24-14-7-8-15-25(24)29/h4-16,26H,3,17-20H2,1-2H3,(H,30,33)/t26-/m0/s1. The second kappa shape index (κ2) is 12.9. The molecule has 3 aromatic carbocycles. The molecule has 0 aromatic heterocycles. The molecule has 0 aliphatic carbocycles. The van der Waals surface area contributed by atoms with Gasteiger partial charge in [0.05, 0.1) is 5.75 Å². The van der Waals surface area contributed by atoms with Gasteiger partial charge in [-0.25, -0.2) is 4.39 Å². The fourth-order valence-electron chi connectivity index (χ4n) is 3.80. The van der Waals surface area contributed by atoms with Gasteiger partial charge in [0.2, 0.25) is 11.8 Å². The van der Waals surface area contributed by atoms with Crippen LogP contribution >= 0.6 is 11.8 Å². The molecule has 0 radical (unpaired) electrons. The van der Waals surface area contributed by atoms with Gasteiger partial charge in [0.25, 0.3) is 0 Å². The third kappa shape index (κ3) is 7.45. The van der Waals surface area contributed by atoms with Crippen molar-refractivity contribution in [3.05, 3.63) is 107 Å². The van der Waals surface area contributed by atoms with Crippen molar-refractivity contribution < 1.29 is 14.0 Å². The minimum atomic E-state index is -0.649. The van der Waals surface area contributed by atoms with E-state index in [9.17, 15) is 14.0 Å². The SMILES string of the molecule is CCNC(=O)[C@H](Cc1ccccc1)N(Cc1cccc(C)c1)C(=O)CSCc1ccccc1F. The summed E-state index contributed by atoms with van der Waals surface area (Å²) in [6, 6.07) is 23.6. The molecule has 0 aliphatic rings. The van der Waals surface area contributed by atoms with Crippen LogP contribution in [0.3, 0.4) is 0 Å². The lowest BCUT2D eigenvalue weighted by Crippen LogP contribution is -2.51. The monoisotopic (exact) mass is 478 g/mol. The molecule has 0 saturated carbocycles. The van der Waals surface area contributed by atoms with Gasteiger partial charge in [-0.1, -0.05) is 78.4 Å². The van der Waals surface area contributed by atoms with Crippen LogP contribution in [0.5, 0.6) is 0 Å². The van der Waals surface area contributed by atoms with Gasteiger partial charge in [-0.3, -0.25) is 9.59 Å². The molecule has 1 N–H and O–H groups in total. The Labute approximate surface area is 205 Å². The first-order chi connectivity index (χ1) is 16.5. The number of thioether (sulfide) groups is 1. The number of nitrogens with one attached hydrogen (secondary N) is 1. The van der Waals surface area contributed by atoms with Gasteiger partial charge < -0.3 is 10.2 Å². The van der Waals surface area contributed by atoms with Crippen molar-refractivity contribution in [3.8, 4) is 0 Å². The summed E-state index contributed by atoms with van der Waals surface area (Å²) in [7, 11) is 0. The zero-order chi connectivity index (χ0) is 24.3. The van der Waals surface area contributed by atoms with Gasteiger partial charge in [-0.05, 0) is 36.6 Å². The number of hydrogen-bond acceptors (Lipinski definition) is 3. The summed E-state index contributed by atoms with van der Waals surface area (Å²) in [5.41, 5.74) is 3.61. The van der Waals surface area contributed by atoms with Crippen LogP contribution in [0.25, 0.3) is 0 Å². The molecular formula is C28H31FN2O2S. The van der Waals surface area contributed by atoms with Crippen molar-refractivity contribution >= 4 is 23.6 Å². The van der Waals surface area contributed by atoms with E-state index in [4.69, 9.17) is 0 Å². The summed E-state index contributed by atoms with van der Waals surface area (Å²) in [5.74, 6) is -0.0451. The first-order valence-corrected chi connectivity index (χ1v) is 12.6. The minimum absolute atomic E-state index is 0.143. The largest absolute Gasteiger partial charge is 0.355 e. The van der Waals surface area contributed by atoms with Crippen LogP contribution < -0.4 is 5.32 Å². The van der Waals surface area contributed by atoms with Crippen LogP contribution in [0.2, 0.25) is 0 Å². The van der Waals surface area contributed by atoms with Crippen LogP contribution in [0.15, 0.2) is 78.9 Å². The molecule has 4 nitrogen and oxygen atoms in total. The number of hydrogen-bond donors (Lipinski definition) is 1. The molecule has 34 heavy (non-hydrogen) atoms. The highest BCUT2D eigenvalue weighted by molar-refractivity contribution is 7.99. The van der Waals surface area contributed by atoms with E-state index in [-0.39, 0.29) is 23.4 Å². The Kier molecular flexibility index (Phi) is 9.71. The zero-order valence-electron chi connectivity index (χ0n) is 19.7. The van der Waals surface area contributed by atoms with Crippen LogP contribution in [0.1, 0.15) is 29.2 Å². The lowest BCUT2D eigenvalue weighted by atomic mass is 10.0. The van der Waals surface area contributed by atoms with Crippen molar-refractivity contribution in [2.45, 2.75) is 38.6 Å². The van der Waals surface area contributed by atoms with Crippen molar-refractivity contribution in [2.75, 3.05) is 12.3 Å². The van der Waals surface area contributed by atoms with Gasteiger partial charge >= 0.3 is 0 Å². The number of benzene rings is 3. The Morgan fingerprint density at radius 2 is 1.68 bits per heavy atom. The quantitative estimate of drug-likeness (QED) is 0.415. The number of aryl methyl sites for hydroxylation is 1. The van der Waals surface area contributed by atoms with Gasteiger partial charge in [-0.15, -0.1) is 11.8 Å². The molecule has 3 rings (SSSR count). The minimum Gasteiger partial charge on any atom is -0.355 e. The highest BCUT2D eigenvalue weighted by atomic mass is 32.2. The smallest absolute Gasteiger partial charge is 0.243 e. The van der Waals surface area contributed by atoms with Crippen LogP contribution in [-0.4, -0.2) is 35.1 Å². The number of likely N-dealkylation sites (N-methyl/N-ethyl adjacent to an activating group) is 1. The Balaban J connectivity index is 1.83. The van der Waals surface area contributed by atoms with Crippen LogP contribution in [0.4, 0.5) is 4.39 Å². The lowest BCUT2D eigenvalue weighted by Gasteiger charge is -2.31. The van der Waals surface area contributed by atoms with Gasteiger partial charge in [0.15, 0.2) is 0 Å². The highest BCUT2D eigenvalue weighted by Crippen LogP contribution is 2.20. The van der Waals surface area contributed by atoms with Crippen LogP contribution in [-0.2, 0) is 28.3 Å². The van der Waals surface area contributed by atoms with E-state index < -0.39 is 6.04 Å². The van der Waals surface area contributed by atoms with Crippen molar-refractivity contribution in [3.63, 3.8) is 0 Å². The number of nitrogens with zero attached hydrogens (tertiary/aromatic N) is 1. The van der Waals surface area contributed by atoms with Gasteiger partial charge in [0.1, 0.15) is 11.9 Å². The Hall–Kier alpha value is -3.12. The lowest BCUT2D eigenvalue weighted by molar-refractivity contribution is -0.139. The summed E-state index contributed by atoms with van der Waals surface area (Å²) >= 11 is 1.36. The number of halogens is 1. The van der Waals surface area contributed by atoms with E-state index in [1.54, 1.807) is 23.1 Å². The molecular weight excluding hydrogens is 447 g/mol. The summed E-state index contributed by atoms with van der Waals surface area (Å²) in [5, 5.41) is 2.90. The molecule has 3 aromatic rings. The van der Waals surface area contributed by atoms with E-state index >= 15 is 0 Å². The van der Waals surface area contributed by atoms with Crippen molar-refractivity contribution in [2.24, 2.45) is 0 Å². The highest BCUT2D eigenvalue weighted by Gasteiger charge is 2.30. The number of rotatable bonds is 11. The molecule has 0 spiro atoms. The maximum absolute atomic E-state index is 14.0.